The number of nitrogens with one attached hydrogen (secondary N) is 1. The number of amides is 2. The fraction of sp³-hybridized carbons (Fsp3) is 0.324. The van der Waals surface area contributed by atoms with Crippen molar-refractivity contribution < 1.29 is 9.59 Å². The normalized spacial score (nSPS) is 24.3. The first kappa shape index (κ1) is 27.3. The van der Waals surface area contributed by atoms with Crippen LogP contribution < -0.4 is 4.90 Å². The van der Waals surface area contributed by atoms with Crippen LogP contribution in [0.4, 0.5) is 5.69 Å². The number of carbonyl (C=O) groups excluding carboxylic acids is 2. The number of H-pyrrole nitrogens is 1. The van der Waals surface area contributed by atoms with Gasteiger partial charge in [-0.15, -0.1) is 0 Å². The monoisotopic (exact) mass is 564 g/mol. The highest BCUT2D eigenvalue weighted by Crippen LogP contribution is 2.55. The number of aromatic amines is 1. The van der Waals surface area contributed by atoms with Crippen molar-refractivity contribution in [1.82, 2.24) is 9.88 Å². The van der Waals surface area contributed by atoms with Crippen molar-refractivity contribution in [2.45, 2.75) is 45.6 Å². The van der Waals surface area contributed by atoms with Gasteiger partial charge in [0.05, 0.1) is 28.7 Å². The van der Waals surface area contributed by atoms with Crippen LogP contribution in [0.5, 0.6) is 0 Å². The molecule has 0 bridgehead atoms. The van der Waals surface area contributed by atoms with Gasteiger partial charge in [0.15, 0.2) is 0 Å². The minimum Gasteiger partial charge on any atom is -0.367 e. The maximum atomic E-state index is 14.7. The van der Waals surface area contributed by atoms with Crippen LogP contribution in [0.2, 0.25) is 5.02 Å². The number of halogens is 1. The number of imide groups is 1. The van der Waals surface area contributed by atoms with Gasteiger partial charge >= 0.3 is 0 Å². The molecule has 1 aromatic heterocycles. The molecule has 2 aliphatic heterocycles. The van der Waals surface area contributed by atoms with Gasteiger partial charge in [0.2, 0.25) is 11.8 Å². The number of hydrogen-bond donors (Lipinski definition) is 1. The zero-order chi connectivity index (χ0) is 28.7. The van der Waals surface area contributed by atoms with Crippen LogP contribution in [0.15, 0.2) is 73.1 Å². The lowest BCUT2D eigenvalue weighted by Gasteiger charge is -2.32. The summed E-state index contributed by atoms with van der Waals surface area (Å²) >= 11 is 6.38. The first-order valence-electron chi connectivity index (χ1n) is 14.3. The summed E-state index contributed by atoms with van der Waals surface area (Å²) in [5.41, 5.74) is 5.75. The molecular weight excluding hydrogens is 532 g/mol. The molecule has 1 spiro atoms. The molecule has 41 heavy (non-hydrogen) atoms. The average molecular weight is 565 g/mol. The Bertz CT molecular complexity index is 1590. The predicted molar refractivity (Wildman–Crippen MR) is 161 cm³/mol. The second-order valence-corrected chi connectivity index (χ2v) is 11.9. The molecule has 3 heterocycles. The summed E-state index contributed by atoms with van der Waals surface area (Å²) < 4.78 is 0. The molecule has 6 rings (SSSR count). The molecule has 1 N–H and O–H groups in total. The Morgan fingerprint density at radius 3 is 2.63 bits per heavy atom. The molecule has 2 amide bonds. The molecule has 208 valence electrons. The van der Waals surface area contributed by atoms with E-state index in [4.69, 9.17) is 11.6 Å². The quantitative estimate of drug-likeness (QED) is 0.335. The number of aromatic nitrogens is 1. The highest BCUT2D eigenvalue weighted by Gasteiger charge is 2.65. The fourth-order valence-corrected chi connectivity index (χ4v) is 7.49. The van der Waals surface area contributed by atoms with Crippen LogP contribution in [0.25, 0.3) is 5.57 Å². The topological polar surface area (TPSA) is 80.2 Å². The van der Waals surface area contributed by atoms with Gasteiger partial charge in [0.1, 0.15) is 0 Å². The van der Waals surface area contributed by atoms with E-state index in [1.807, 2.05) is 38.1 Å². The third kappa shape index (κ3) is 4.64. The van der Waals surface area contributed by atoms with Crippen molar-refractivity contribution in [1.29, 1.82) is 5.26 Å². The second kappa shape index (κ2) is 10.8. The lowest BCUT2D eigenvalue weighted by Crippen LogP contribution is -2.42. The van der Waals surface area contributed by atoms with E-state index in [2.05, 4.69) is 46.6 Å². The van der Waals surface area contributed by atoms with Crippen molar-refractivity contribution in [3.8, 4) is 6.07 Å². The standard InChI is InChI=1S/C34H33ClN4O2/c1-3-30-32(40)39(28-14-22(2)13-27(35)15-28)33(41)34(30)21-38(20-31(34)25-11-9-23(16-36)10-12-25)19-26-17-37-18-29(26)24-7-5-4-6-8-24/h4-5,7,9-15,17-18,30-31,37H,3,6,8,19-21H2,1-2H3/t30?,31-,34+/m0/s1. The highest BCUT2D eigenvalue weighted by atomic mass is 35.5. The number of rotatable bonds is 6. The Hall–Kier alpha value is -3.92. The molecule has 7 heteroatoms. The van der Waals surface area contributed by atoms with E-state index < -0.39 is 11.3 Å². The Kier molecular flexibility index (Phi) is 7.19. The first-order chi connectivity index (χ1) is 19.8. The number of nitrogens with zero attached hydrogens (tertiary/aromatic N) is 3. The van der Waals surface area contributed by atoms with Gasteiger partial charge in [-0.3, -0.25) is 14.5 Å². The van der Waals surface area contributed by atoms with Crippen molar-refractivity contribution in [2.75, 3.05) is 18.0 Å². The van der Waals surface area contributed by atoms with Crippen LogP contribution in [0, 0.1) is 29.6 Å². The first-order valence-corrected chi connectivity index (χ1v) is 14.6. The van der Waals surface area contributed by atoms with E-state index in [1.54, 1.807) is 18.2 Å². The van der Waals surface area contributed by atoms with Gasteiger partial charge < -0.3 is 4.98 Å². The van der Waals surface area contributed by atoms with Crippen LogP contribution in [0.3, 0.4) is 0 Å². The van der Waals surface area contributed by atoms with E-state index in [0.717, 1.165) is 24.0 Å². The van der Waals surface area contributed by atoms with Crippen molar-refractivity contribution >= 4 is 34.7 Å². The number of benzene rings is 2. The third-order valence-electron chi connectivity index (χ3n) is 9.01. The van der Waals surface area contributed by atoms with Crippen LogP contribution in [-0.2, 0) is 16.1 Å². The Morgan fingerprint density at radius 1 is 1.15 bits per heavy atom. The molecule has 0 saturated carbocycles. The SMILES string of the molecule is CCC1C(=O)N(c2cc(C)cc(Cl)c2)C(=O)[C@]12CN(Cc1c[nH]cc1C1=CC=CCC1)C[C@H]2c1ccc(C#N)cc1. The molecule has 1 aliphatic carbocycles. The van der Waals surface area contributed by atoms with Gasteiger partial charge in [-0.25, -0.2) is 4.90 Å². The van der Waals surface area contributed by atoms with Crippen molar-refractivity contribution in [2.24, 2.45) is 11.3 Å². The van der Waals surface area contributed by atoms with Crippen molar-refractivity contribution in [3.05, 3.63) is 106 Å². The van der Waals surface area contributed by atoms with Crippen LogP contribution in [-0.4, -0.2) is 34.8 Å². The number of allylic oxidation sites excluding steroid dienone is 4. The third-order valence-corrected chi connectivity index (χ3v) is 9.23. The van der Waals surface area contributed by atoms with E-state index in [1.165, 1.54) is 21.6 Å². The van der Waals surface area contributed by atoms with Crippen LogP contribution in [0.1, 0.15) is 59.9 Å². The maximum Gasteiger partial charge on any atom is 0.242 e. The van der Waals surface area contributed by atoms with E-state index >= 15 is 0 Å². The summed E-state index contributed by atoms with van der Waals surface area (Å²) in [5, 5.41) is 9.89. The smallest absolute Gasteiger partial charge is 0.242 e. The number of nitriles is 1. The molecule has 3 aromatic rings. The average Bonchev–Trinajstić information content (AvgIpc) is 3.64. The number of aryl methyl sites for hydroxylation is 1. The van der Waals surface area contributed by atoms with Crippen molar-refractivity contribution in [3.63, 3.8) is 0 Å². The van der Waals surface area contributed by atoms with Gasteiger partial charge in [-0.2, -0.15) is 5.26 Å². The van der Waals surface area contributed by atoms with E-state index in [0.29, 0.717) is 42.3 Å². The van der Waals surface area contributed by atoms with Gasteiger partial charge in [0, 0.05) is 43.0 Å². The fourth-order valence-electron chi connectivity index (χ4n) is 7.21. The summed E-state index contributed by atoms with van der Waals surface area (Å²) in [6.45, 7) is 5.68. The number of anilines is 1. The minimum atomic E-state index is -0.931. The minimum absolute atomic E-state index is 0.165. The molecule has 2 fully saturated rings. The van der Waals surface area contributed by atoms with Gasteiger partial charge in [0.25, 0.3) is 0 Å². The lowest BCUT2D eigenvalue weighted by molar-refractivity contribution is -0.127. The van der Waals surface area contributed by atoms with Gasteiger partial charge in [-0.05, 0) is 84.3 Å². The predicted octanol–water partition coefficient (Wildman–Crippen LogP) is 6.77. The summed E-state index contributed by atoms with van der Waals surface area (Å²) in [6, 6.07) is 15.1. The molecule has 2 aromatic carbocycles. The molecule has 0 radical (unpaired) electrons. The number of likely N-dealkylation sites (tertiary alicyclic amines) is 1. The molecule has 2 saturated heterocycles. The largest absolute Gasteiger partial charge is 0.367 e. The summed E-state index contributed by atoms with van der Waals surface area (Å²) in [7, 11) is 0. The number of hydrogen-bond acceptors (Lipinski definition) is 4. The Labute approximate surface area is 245 Å². The van der Waals surface area contributed by atoms with E-state index in [-0.39, 0.29) is 17.7 Å². The Balaban J connectivity index is 1.42. The highest BCUT2D eigenvalue weighted by molar-refractivity contribution is 6.31. The summed E-state index contributed by atoms with van der Waals surface area (Å²) in [5.74, 6) is -1.01. The lowest BCUT2D eigenvalue weighted by atomic mass is 9.66. The maximum absolute atomic E-state index is 14.7. The van der Waals surface area contributed by atoms with E-state index in [9.17, 15) is 14.9 Å². The summed E-state index contributed by atoms with van der Waals surface area (Å²) in [6.07, 6.45) is 13.2. The number of carbonyl (C=O) groups is 2. The molecule has 3 aliphatic rings. The van der Waals surface area contributed by atoms with Gasteiger partial charge in [-0.1, -0.05) is 48.9 Å². The second-order valence-electron chi connectivity index (χ2n) is 11.5. The zero-order valence-corrected chi connectivity index (χ0v) is 24.1. The van der Waals surface area contributed by atoms with Crippen LogP contribution >= 0.6 is 11.6 Å². The zero-order valence-electron chi connectivity index (χ0n) is 23.4. The Morgan fingerprint density at radius 2 is 1.95 bits per heavy atom. The summed E-state index contributed by atoms with van der Waals surface area (Å²) in [4.78, 5) is 35.7. The molecular formula is C34H33ClN4O2. The molecule has 1 unspecified atom stereocenters. The molecule has 6 nitrogen and oxygen atoms in total. The molecule has 3 atom stereocenters.